The van der Waals surface area contributed by atoms with Gasteiger partial charge < -0.3 is 14.8 Å². The Morgan fingerprint density at radius 1 is 1.17 bits per heavy atom. The van der Waals surface area contributed by atoms with Crippen molar-refractivity contribution in [2.45, 2.75) is 26.9 Å². The minimum absolute atomic E-state index is 0.117. The molecule has 4 nitrogen and oxygen atoms in total. The number of hydrogen-bond acceptors (Lipinski definition) is 3. The molecule has 0 aliphatic heterocycles. The summed E-state index contributed by atoms with van der Waals surface area (Å²) in [5, 5.41) is 2.87. The molecule has 1 N–H and O–H groups in total. The van der Waals surface area contributed by atoms with E-state index in [-0.39, 0.29) is 12.0 Å². The summed E-state index contributed by atoms with van der Waals surface area (Å²) in [6.45, 7) is 6.33. The van der Waals surface area contributed by atoms with Crippen molar-refractivity contribution in [2.75, 3.05) is 11.9 Å². The zero-order valence-electron chi connectivity index (χ0n) is 13.4. The first-order valence-corrected chi connectivity index (χ1v) is 8.29. The van der Waals surface area contributed by atoms with Gasteiger partial charge in [-0.15, -0.1) is 0 Å². The number of ether oxygens (including phenoxy) is 2. The smallest absolute Gasteiger partial charge is 0.259 e. The maximum absolute atomic E-state index is 12.5. The Hall–Kier alpha value is -2.01. The highest BCUT2D eigenvalue weighted by Crippen LogP contribution is 2.25. The molecule has 2 aromatic carbocycles. The van der Waals surface area contributed by atoms with Gasteiger partial charge in [0, 0.05) is 10.2 Å². The van der Waals surface area contributed by atoms with E-state index in [1.807, 2.05) is 51.1 Å². The van der Waals surface area contributed by atoms with Crippen LogP contribution in [0.1, 0.15) is 31.1 Å². The summed E-state index contributed by atoms with van der Waals surface area (Å²) in [5.74, 6) is 1.12. The second-order valence-corrected chi connectivity index (χ2v) is 6.13. The molecule has 0 aliphatic carbocycles. The minimum atomic E-state index is -0.215. The zero-order valence-corrected chi connectivity index (χ0v) is 15.0. The van der Waals surface area contributed by atoms with Gasteiger partial charge in [0.15, 0.2) is 0 Å². The molecule has 23 heavy (non-hydrogen) atoms. The number of amides is 1. The van der Waals surface area contributed by atoms with Gasteiger partial charge >= 0.3 is 0 Å². The van der Waals surface area contributed by atoms with Gasteiger partial charge in [0.2, 0.25) is 0 Å². The maximum atomic E-state index is 12.5. The molecule has 0 aliphatic rings. The van der Waals surface area contributed by atoms with E-state index in [9.17, 15) is 4.79 Å². The van der Waals surface area contributed by atoms with Crippen LogP contribution < -0.4 is 14.8 Å². The van der Waals surface area contributed by atoms with Crippen molar-refractivity contribution < 1.29 is 14.3 Å². The first-order chi connectivity index (χ1) is 11.0. The lowest BCUT2D eigenvalue weighted by Crippen LogP contribution is -2.14. The van der Waals surface area contributed by atoms with E-state index in [2.05, 4.69) is 21.2 Å². The first kappa shape index (κ1) is 17.3. The predicted molar refractivity (Wildman–Crippen MR) is 95.5 cm³/mol. The highest BCUT2D eigenvalue weighted by molar-refractivity contribution is 9.10. The molecular weight excluding hydrogens is 358 g/mol. The van der Waals surface area contributed by atoms with Crippen LogP contribution in [0.3, 0.4) is 0 Å². The molecule has 0 spiro atoms. The Kier molecular flexibility index (Phi) is 6.04. The summed E-state index contributed by atoms with van der Waals surface area (Å²) in [6.07, 6.45) is 0.117. The van der Waals surface area contributed by atoms with Crippen LogP contribution in [0.2, 0.25) is 0 Å². The highest BCUT2D eigenvalue weighted by Gasteiger charge is 2.13. The van der Waals surface area contributed by atoms with Gasteiger partial charge in [0.05, 0.1) is 18.3 Å². The van der Waals surface area contributed by atoms with Gasteiger partial charge in [-0.2, -0.15) is 0 Å². The van der Waals surface area contributed by atoms with Crippen molar-refractivity contribution in [3.63, 3.8) is 0 Å². The SMILES string of the molecule is CCOc1ccc(Br)cc1C(=O)Nc1ccc(OC(C)C)cc1. The number of halogens is 1. The van der Waals surface area contributed by atoms with Crippen LogP contribution in [-0.2, 0) is 0 Å². The van der Waals surface area contributed by atoms with E-state index in [1.165, 1.54) is 0 Å². The van der Waals surface area contributed by atoms with Crippen molar-refractivity contribution in [1.82, 2.24) is 0 Å². The van der Waals surface area contributed by atoms with Crippen molar-refractivity contribution in [1.29, 1.82) is 0 Å². The largest absolute Gasteiger partial charge is 0.493 e. The van der Waals surface area contributed by atoms with Gasteiger partial charge in [0.1, 0.15) is 11.5 Å². The fraction of sp³-hybridized carbons (Fsp3) is 0.278. The number of benzene rings is 2. The Labute approximate surface area is 144 Å². The van der Waals surface area contributed by atoms with Crippen LogP contribution >= 0.6 is 15.9 Å². The third-order valence-corrected chi connectivity index (χ3v) is 3.46. The molecule has 2 rings (SSSR count). The lowest BCUT2D eigenvalue weighted by molar-refractivity contribution is 0.102. The van der Waals surface area contributed by atoms with Gasteiger partial charge in [-0.05, 0) is 63.2 Å². The minimum Gasteiger partial charge on any atom is -0.493 e. The molecule has 0 heterocycles. The summed E-state index contributed by atoms with van der Waals surface area (Å²) in [4.78, 5) is 12.5. The molecule has 0 saturated carbocycles. The van der Waals surface area contributed by atoms with Crippen LogP contribution in [0.25, 0.3) is 0 Å². The van der Waals surface area contributed by atoms with E-state index < -0.39 is 0 Å². The third-order valence-electron chi connectivity index (χ3n) is 2.97. The highest BCUT2D eigenvalue weighted by atomic mass is 79.9. The van der Waals surface area contributed by atoms with Gasteiger partial charge in [0.25, 0.3) is 5.91 Å². The number of nitrogens with one attached hydrogen (secondary N) is 1. The Morgan fingerprint density at radius 3 is 2.48 bits per heavy atom. The van der Waals surface area contributed by atoms with Gasteiger partial charge in [-0.3, -0.25) is 4.79 Å². The number of carbonyl (C=O) groups is 1. The van der Waals surface area contributed by atoms with E-state index in [0.717, 1.165) is 10.2 Å². The van der Waals surface area contributed by atoms with Crippen LogP contribution in [0, 0.1) is 0 Å². The number of hydrogen-bond donors (Lipinski definition) is 1. The van der Waals surface area contributed by atoms with Crippen LogP contribution in [-0.4, -0.2) is 18.6 Å². The number of rotatable bonds is 6. The molecular formula is C18H20BrNO3. The molecule has 0 bridgehead atoms. The molecule has 0 fully saturated rings. The van der Waals surface area contributed by atoms with Gasteiger partial charge in [-0.25, -0.2) is 0 Å². The first-order valence-electron chi connectivity index (χ1n) is 7.50. The van der Waals surface area contributed by atoms with Crippen molar-refractivity contribution in [3.8, 4) is 11.5 Å². The summed E-state index contributed by atoms with van der Waals surface area (Å²) in [6, 6.07) is 12.7. The summed E-state index contributed by atoms with van der Waals surface area (Å²) >= 11 is 3.38. The Balaban J connectivity index is 2.14. The van der Waals surface area contributed by atoms with Crippen LogP contribution in [0.5, 0.6) is 11.5 Å². The van der Waals surface area contributed by atoms with Crippen LogP contribution in [0.15, 0.2) is 46.9 Å². The van der Waals surface area contributed by atoms with Crippen molar-refractivity contribution in [2.24, 2.45) is 0 Å². The summed E-state index contributed by atoms with van der Waals surface area (Å²) in [5.41, 5.74) is 1.19. The molecule has 0 saturated heterocycles. The average Bonchev–Trinajstić information content (AvgIpc) is 2.50. The molecule has 5 heteroatoms. The van der Waals surface area contributed by atoms with E-state index in [0.29, 0.717) is 23.6 Å². The molecule has 0 unspecified atom stereocenters. The maximum Gasteiger partial charge on any atom is 0.259 e. The lowest BCUT2D eigenvalue weighted by Gasteiger charge is -2.12. The topological polar surface area (TPSA) is 47.6 Å². The van der Waals surface area contributed by atoms with E-state index in [1.54, 1.807) is 12.1 Å². The van der Waals surface area contributed by atoms with Crippen LogP contribution in [0.4, 0.5) is 5.69 Å². The molecule has 122 valence electrons. The van der Waals surface area contributed by atoms with E-state index in [4.69, 9.17) is 9.47 Å². The fourth-order valence-electron chi connectivity index (χ4n) is 2.05. The molecule has 0 atom stereocenters. The second kappa shape index (κ2) is 8.02. The summed E-state index contributed by atoms with van der Waals surface area (Å²) in [7, 11) is 0. The zero-order chi connectivity index (χ0) is 16.8. The van der Waals surface area contributed by atoms with Crippen molar-refractivity contribution in [3.05, 3.63) is 52.5 Å². The second-order valence-electron chi connectivity index (χ2n) is 5.22. The monoisotopic (exact) mass is 377 g/mol. The standard InChI is InChI=1S/C18H20BrNO3/c1-4-22-17-10-5-13(19)11-16(17)18(21)20-14-6-8-15(9-7-14)23-12(2)3/h5-12H,4H2,1-3H3,(H,20,21). The molecule has 0 aromatic heterocycles. The Bertz CT molecular complexity index is 668. The number of anilines is 1. The van der Waals surface area contributed by atoms with Gasteiger partial charge in [-0.1, -0.05) is 15.9 Å². The molecule has 2 aromatic rings. The lowest BCUT2D eigenvalue weighted by atomic mass is 10.2. The van der Waals surface area contributed by atoms with Crippen molar-refractivity contribution >= 4 is 27.5 Å². The normalized spacial score (nSPS) is 10.5. The molecule has 0 radical (unpaired) electrons. The fourth-order valence-corrected chi connectivity index (χ4v) is 2.41. The quantitative estimate of drug-likeness (QED) is 0.779. The average molecular weight is 378 g/mol. The predicted octanol–water partition coefficient (Wildman–Crippen LogP) is 4.89. The Morgan fingerprint density at radius 2 is 1.87 bits per heavy atom. The van der Waals surface area contributed by atoms with E-state index >= 15 is 0 Å². The molecule has 1 amide bonds. The third kappa shape index (κ3) is 4.99. The number of carbonyl (C=O) groups excluding carboxylic acids is 1. The summed E-state index contributed by atoms with van der Waals surface area (Å²) < 4.78 is 11.9.